The third kappa shape index (κ3) is 14.5. The monoisotopic (exact) mass is 450 g/mol. The van der Waals surface area contributed by atoms with Crippen LogP contribution in [0.25, 0.3) is 0 Å². The summed E-state index contributed by atoms with van der Waals surface area (Å²) >= 11 is 0. The standard InChI is InChI=1S/C14H27F3.C14H30/c1-6-7-9-13(5,11(2)3)10-8-12(4)14(15,16)17;1-7-8-10-14(6,13(4)5)11-9-12(2)3/h11-12H,6-10H2,1-5H3;12-13H,7-11H2,1-6H3/t12-,13-;14-/m00/s1. The van der Waals surface area contributed by atoms with Gasteiger partial charge in [-0.25, -0.2) is 0 Å². The molecule has 0 aliphatic carbocycles. The maximum Gasteiger partial charge on any atom is 0.391 e. The highest BCUT2D eigenvalue weighted by Gasteiger charge is 2.37. The Kier molecular flexibility index (Phi) is 16.6. The molecule has 0 aromatic heterocycles. The van der Waals surface area contributed by atoms with Gasteiger partial charge in [-0.05, 0) is 60.7 Å². The highest BCUT2D eigenvalue weighted by molar-refractivity contribution is 4.80. The summed E-state index contributed by atoms with van der Waals surface area (Å²) in [4.78, 5) is 0. The first-order valence-corrected chi connectivity index (χ1v) is 13.1. The van der Waals surface area contributed by atoms with Crippen molar-refractivity contribution in [3.63, 3.8) is 0 Å². The number of rotatable bonds is 14. The summed E-state index contributed by atoms with van der Waals surface area (Å²) in [7, 11) is 0. The molecule has 0 unspecified atom stereocenters. The topological polar surface area (TPSA) is 0 Å². The Hall–Kier alpha value is -0.210. The molecule has 0 saturated carbocycles. The van der Waals surface area contributed by atoms with E-state index in [1.807, 2.05) is 0 Å². The molecule has 0 aliphatic heterocycles. The van der Waals surface area contributed by atoms with Crippen LogP contribution in [0.15, 0.2) is 0 Å². The van der Waals surface area contributed by atoms with Crippen molar-refractivity contribution >= 4 is 0 Å². The molecule has 3 heteroatoms. The van der Waals surface area contributed by atoms with Crippen molar-refractivity contribution in [2.45, 2.75) is 147 Å². The fourth-order valence-corrected chi connectivity index (χ4v) is 3.89. The van der Waals surface area contributed by atoms with Crippen LogP contribution in [0.3, 0.4) is 0 Å². The molecule has 0 spiro atoms. The molecule has 31 heavy (non-hydrogen) atoms. The van der Waals surface area contributed by atoms with Crippen LogP contribution in [0.1, 0.15) is 140 Å². The van der Waals surface area contributed by atoms with Gasteiger partial charge in [0.25, 0.3) is 0 Å². The van der Waals surface area contributed by atoms with Crippen molar-refractivity contribution < 1.29 is 13.2 Å². The summed E-state index contributed by atoms with van der Waals surface area (Å²) in [6.07, 6.45) is 7.07. The van der Waals surface area contributed by atoms with Gasteiger partial charge in [0, 0.05) is 0 Å². The van der Waals surface area contributed by atoms with E-state index in [0.717, 1.165) is 31.1 Å². The molecule has 0 bridgehead atoms. The summed E-state index contributed by atoms with van der Waals surface area (Å²) in [6.45, 7) is 24.0. The Morgan fingerprint density at radius 3 is 1.19 bits per heavy atom. The van der Waals surface area contributed by atoms with Gasteiger partial charge in [0.15, 0.2) is 0 Å². The van der Waals surface area contributed by atoms with Gasteiger partial charge in [0.1, 0.15) is 0 Å². The smallest absolute Gasteiger partial charge is 0.171 e. The van der Waals surface area contributed by atoms with E-state index in [4.69, 9.17) is 0 Å². The number of hydrogen-bond acceptors (Lipinski definition) is 0. The zero-order valence-electron chi connectivity index (χ0n) is 23.0. The summed E-state index contributed by atoms with van der Waals surface area (Å²) in [5.41, 5.74) is 0.635. The lowest BCUT2D eigenvalue weighted by Crippen LogP contribution is -2.27. The molecule has 0 heterocycles. The van der Waals surface area contributed by atoms with E-state index in [-0.39, 0.29) is 11.8 Å². The van der Waals surface area contributed by atoms with Crippen LogP contribution < -0.4 is 0 Å². The Balaban J connectivity index is 0. The van der Waals surface area contributed by atoms with Crippen LogP contribution in [0.2, 0.25) is 0 Å². The van der Waals surface area contributed by atoms with E-state index < -0.39 is 12.1 Å². The van der Waals surface area contributed by atoms with Crippen molar-refractivity contribution in [1.82, 2.24) is 0 Å². The van der Waals surface area contributed by atoms with Crippen molar-refractivity contribution in [2.24, 2.45) is 34.5 Å². The first-order chi connectivity index (χ1) is 14.1. The van der Waals surface area contributed by atoms with E-state index in [1.165, 1.54) is 39.0 Å². The van der Waals surface area contributed by atoms with Crippen molar-refractivity contribution in [3.05, 3.63) is 0 Å². The minimum Gasteiger partial charge on any atom is -0.171 e. The molecular formula is C28H57F3. The second kappa shape index (κ2) is 15.6. The predicted molar refractivity (Wildman–Crippen MR) is 133 cm³/mol. The second-order valence-electron chi connectivity index (χ2n) is 11.7. The van der Waals surface area contributed by atoms with Crippen molar-refractivity contribution in [1.29, 1.82) is 0 Å². The van der Waals surface area contributed by atoms with Crippen LogP contribution in [-0.2, 0) is 0 Å². The van der Waals surface area contributed by atoms with Crippen LogP contribution in [0, 0.1) is 34.5 Å². The molecule has 0 radical (unpaired) electrons. The summed E-state index contributed by atoms with van der Waals surface area (Å²) in [5, 5.41) is 0. The zero-order chi connectivity index (χ0) is 24.9. The lowest BCUT2D eigenvalue weighted by Gasteiger charge is -2.35. The lowest BCUT2D eigenvalue weighted by molar-refractivity contribution is -0.173. The molecule has 0 aromatic carbocycles. The van der Waals surface area contributed by atoms with E-state index in [1.54, 1.807) is 0 Å². The normalized spacial score (nSPS) is 17.3. The Morgan fingerprint density at radius 1 is 0.581 bits per heavy atom. The molecular weight excluding hydrogens is 393 g/mol. The Bertz CT molecular complexity index is 424. The quantitative estimate of drug-likeness (QED) is 0.247. The molecule has 0 aromatic rings. The third-order valence-corrected chi connectivity index (χ3v) is 7.99. The largest absolute Gasteiger partial charge is 0.391 e. The molecule has 0 nitrogen and oxygen atoms in total. The van der Waals surface area contributed by atoms with E-state index in [0.29, 0.717) is 17.8 Å². The maximum atomic E-state index is 12.5. The summed E-state index contributed by atoms with van der Waals surface area (Å²) in [6, 6.07) is 0. The zero-order valence-corrected chi connectivity index (χ0v) is 23.0. The minimum absolute atomic E-state index is 0.0511. The molecule has 0 aliphatic rings. The van der Waals surface area contributed by atoms with Crippen molar-refractivity contribution in [3.8, 4) is 0 Å². The fraction of sp³-hybridized carbons (Fsp3) is 1.00. The van der Waals surface area contributed by atoms with Gasteiger partial charge in [-0.1, -0.05) is 108 Å². The molecule has 0 saturated heterocycles. The average Bonchev–Trinajstić information content (AvgIpc) is 2.66. The van der Waals surface area contributed by atoms with E-state index >= 15 is 0 Å². The molecule has 0 N–H and O–H groups in total. The fourth-order valence-electron chi connectivity index (χ4n) is 3.89. The van der Waals surface area contributed by atoms with Gasteiger partial charge in [-0.15, -0.1) is 0 Å². The first kappa shape index (κ1) is 33.0. The average molecular weight is 451 g/mol. The van der Waals surface area contributed by atoms with Gasteiger partial charge in [-0.2, -0.15) is 13.2 Å². The molecule has 3 atom stereocenters. The highest BCUT2D eigenvalue weighted by Crippen LogP contribution is 2.41. The van der Waals surface area contributed by atoms with Crippen LogP contribution in [-0.4, -0.2) is 6.18 Å². The van der Waals surface area contributed by atoms with Gasteiger partial charge >= 0.3 is 6.18 Å². The Morgan fingerprint density at radius 2 is 0.935 bits per heavy atom. The number of alkyl halides is 3. The van der Waals surface area contributed by atoms with Crippen molar-refractivity contribution in [2.75, 3.05) is 0 Å². The highest BCUT2D eigenvalue weighted by atomic mass is 19.4. The first-order valence-electron chi connectivity index (χ1n) is 13.1. The van der Waals surface area contributed by atoms with E-state index in [9.17, 15) is 13.2 Å². The summed E-state index contributed by atoms with van der Waals surface area (Å²) < 4.78 is 37.4. The lowest BCUT2D eigenvalue weighted by atomic mass is 9.71. The second-order valence-corrected chi connectivity index (χ2v) is 11.7. The van der Waals surface area contributed by atoms with Gasteiger partial charge in [-0.3, -0.25) is 0 Å². The Labute approximate surface area is 194 Å². The van der Waals surface area contributed by atoms with Gasteiger partial charge in [0.05, 0.1) is 5.92 Å². The van der Waals surface area contributed by atoms with Gasteiger partial charge in [0.2, 0.25) is 0 Å². The van der Waals surface area contributed by atoms with Crippen LogP contribution >= 0.6 is 0 Å². The summed E-state index contributed by atoms with van der Waals surface area (Å²) in [5.74, 6) is 0.944. The molecule has 0 amide bonds. The SMILES string of the molecule is CCCC[C@@](C)(CCC(C)C)C(C)C.CCCC[C@@](C)(CC[C@H](C)C(F)(F)F)C(C)C. The van der Waals surface area contributed by atoms with Gasteiger partial charge < -0.3 is 0 Å². The van der Waals surface area contributed by atoms with Crippen LogP contribution in [0.4, 0.5) is 13.2 Å². The molecule has 190 valence electrons. The van der Waals surface area contributed by atoms with Crippen LogP contribution in [0.5, 0.6) is 0 Å². The number of halogens is 3. The number of unbranched alkanes of at least 4 members (excludes halogenated alkanes) is 2. The minimum atomic E-state index is -4.04. The predicted octanol–water partition coefficient (Wildman–Crippen LogP) is 11.1. The number of hydrogen-bond donors (Lipinski definition) is 0. The molecule has 0 rings (SSSR count). The third-order valence-electron chi connectivity index (χ3n) is 7.99. The van der Waals surface area contributed by atoms with E-state index in [2.05, 4.69) is 69.2 Å². The maximum absolute atomic E-state index is 12.5. The molecule has 0 fully saturated rings.